The lowest BCUT2D eigenvalue weighted by atomic mass is 10.0. The molecular weight excluding hydrogens is 393 g/mol. The molecule has 172 valence electrons. The summed E-state index contributed by atoms with van der Waals surface area (Å²) in [5, 5.41) is 20.3. The predicted molar refractivity (Wildman–Crippen MR) is 117 cm³/mol. The van der Waals surface area contributed by atoms with Gasteiger partial charge in [0.15, 0.2) is 0 Å². The standard InChI is InChI=1S/C21H42NO6P/c1-2-3-4-5-6-9-12-15-19(29(26,27)28)16-13-10-7-8-11-14-17-22-20(18-23)21(24)25/h14,17,19-20,22-23H,2-13,15-16,18H2,1H3,(H,24,25)(H2,26,27,28)/b17-14-/t19?,20-/m0/s1. The minimum Gasteiger partial charge on any atom is -0.480 e. The van der Waals surface area contributed by atoms with Crippen molar-refractivity contribution in [3.63, 3.8) is 0 Å². The van der Waals surface area contributed by atoms with Crippen molar-refractivity contribution in [2.75, 3.05) is 6.61 Å². The highest BCUT2D eigenvalue weighted by molar-refractivity contribution is 7.52. The van der Waals surface area contributed by atoms with Gasteiger partial charge in [0.2, 0.25) is 0 Å². The summed E-state index contributed by atoms with van der Waals surface area (Å²) in [6.45, 7) is 1.73. The first kappa shape index (κ1) is 28.1. The Morgan fingerprint density at radius 2 is 1.45 bits per heavy atom. The molecule has 7 nitrogen and oxygen atoms in total. The number of hydrogen-bond acceptors (Lipinski definition) is 4. The summed E-state index contributed by atoms with van der Waals surface area (Å²) in [4.78, 5) is 29.9. The van der Waals surface area contributed by atoms with Crippen molar-refractivity contribution in [3.8, 4) is 0 Å². The van der Waals surface area contributed by atoms with E-state index in [1.807, 2.05) is 6.08 Å². The van der Waals surface area contributed by atoms with Crippen molar-refractivity contribution in [1.29, 1.82) is 0 Å². The second kappa shape index (κ2) is 17.9. The van der Waals surface area contributed by atoms with Gasteiger partial charge < -0.3 is 25.3 Å². The van der Waals surface area contributed by atoms with Gasteiger partial charge in [0.05, 0.1) is 12.3 Å². The van der Waals surface area contributed by atoms with Crippen LogP contribution in [0.1, 0.15) is 96.8 Å². The van der Waals surface area contributed by atoms with Gasteiger partial charge >= 0.3 is 13.6 Å². The topological polar surface area (TPSA) is 127 Å². The molecule has 0 aromatic carbocycles. The molecule has 0 aliphatic heterocycles. The van der Waals surface area contributed by atoms with Gasteiger partial charge in [-0.15, -0.1) is 0 Å². The van der Waals surface area contributed by atoms with Gasteiger partial charge in [-0.05, 0) is 31.9 Å². The summed E-state index contributed by atoms with van der Waals surface area (Å²) in [5.74, 6) is -1.09. The summed E-state index contributed by atoms with van der Waals surface area (Å²) >= 11 is 0. The average molecular weight is 436 g/mol. The van der Waals surface area contributed by atoms with Crippen LogP contribution in [0.2, 0.25) is 0 Å². The Bertz CT molecular complexity index is 480. The summed E-state index contributed by atoms with van der Waals surface area (Å²) in [5.41, 5.74) is -0.506. The summed E-state index contributed by atoms with van der Waals surface area (Å²) in [6.07, 6.45) is 17.1. The van der Waals surface area contributed by atoms with E-state index < -0.39 is 31.9 Å². The molecule has 0 aromatic rings. The molecule has 5 N–H and O–H groups in total. The highest BCUT2D eigenvalue weighted by Gasteiger charge is 2.27. The van der Waals surface area contributed by atoms with Crippen molar-refractivity contribution in [2.45, 2.75) is 109 Å². The molecule has 0 saturated heterocycles. The first-order chi connectivity index (χ1) is 13.8. The van der Waals surface area contributed by atoms with E-state index in [0.717, 1.165) is 51.4 Å². The van der Waals surface area contributed by atoms with E-state index in [0.29, 0.717) is 12.8 Å². The van der Waals surface area contributed by atoms with Crippen LogP contribution in [-0.4, -0.2) is 44.3 Å². The van der Waals surface area contributed by atoms with E-state index >= 15 is 0 Å². The molecule has 2 atom stereocenters. The fourth-order valence-electron chi connectivity index (χ4n) is 3.28. The smallest absolute Gasteiger partial charge is 0.328 e. The maximum Gasteiger partial charge on any atom is 0.328 e. The number of aliphatic carboxylic acids is 1. The molecular formula is C21H42NO6P. The average Bonchev–Trinajstić information content (AvgIpc) is 2.65. The molecule has 8 heteroatoms. The third-order valence-corrected chi connectivity index (χ3v) is 6.64. The zero-order valence-corrected chi connectivity index (χ0v) is 18.9. The van der Waals surface area contributed by atoms with Crippen LogP contribution in [0, 0.1) is 0 Å². The molecule has 0 aromatic heterocycles. The van der Waals surface area contributed by atoms with E-state index in [9.17, 15) is 19.1 Å². The monoisotopic (exact) mass is 435 g/mol. The largest absolute Gasteiger partial charge is 0.480 e. The Morgan fingerprint density at radius 1 is 0.931 bits per heavy atom. The Kier molecular flexibility index (Phi) is 17.4. The van der Waals surface area contributed by atoms with E-state index in [1.165, 1.54) is 25.7 Å². The van der Waals surface area contributed by atoms with Crippen LogP contribution in [-0.2, 0) is 9.36 Å². The van der Waals surface area contributed by atoms with Gasteiger partial charge in [0, 0.05) is 0 Å². The minimum absolute atomic E-state index is 0.459. The van der Waals surface area contributed by atoms with Crippen molar-refractivity contribution in [2.24, 2.45) is 0 Å². The normalized spacial score (nSPS) is 14.2. The maximum absolute atomic E-state index is 11.7. The fourth-order valence-corrected chi connectivity index (χ4v) is 4.32. The second-order valence-electron chi connectivity index (χ2n) is 7.79. The number of hydrogen-bond donors (Lipinski definition) is 5. The molecule has 0 heterocycles. The van der Waals surface area contributed by atoms with E-state index in [-0.39, 0.29) is 0 Å². The van der Waals surface area contributed by atoms with Gasteiger partial charge in [0.25, 0.3) is 0 Å². The van der Waals surface area contributed by atoms with E-state index in [1.54, 1.807) is 6.20 Å². The number of carboxylic acids is 1. The zero-order valence-electron chi connectivity index (χ0n) is 18.0. The van der Waals surface area contributed by atoms with Gasteiger partial charge in [0.1, 0.15) is 6.04 Å². The number of allylic oxidation sites excluding steroid dienone is 1. The molecule has 0 fully saturated rings. The van der Waals surface area contributed by atoms with Crippen molar-refractivity contribution in [3.05, 3.63) is 12.3 Å². The van der Waals surface area contributed by atoms with Crippen LogP contribution < -0.4 is 5.32 Å². The van der Waals surface area contributed by atoms with Gasteiger partial charge in [-0.3, -0.25) is 4.57 Å². The van der Waals surface area contributed by atoms with Gasteiger partial charge in [-0.1, -0.05) is 77.2 Å². The van der Waals surface area contributed by atoms with E-state index in [2.05, 4.69) is 12.2 Å². The minimum atomic E-state index is -4.02. The number of carbonyl (C=O) groups is 1. The molecule has 0 bridgehead atoms. The van der Waals surface area contributed by atoms with Crippen LogP contribution in [0.3, 0.4) is 0 Å². The second-order valence-corrected chi connectivity index (χ2v) is 9.70. The van der Waals surface area contributed by atoms with Crippen LogP contribution >= 0.6 is 7.60 Å². The summed E-state index contributed by atoms with van der Waals surface area (Å²) < 4.78 is 11.7. The molecule has 0 radical (unpaired) electrons. The zero-order chi connectivity index (χ0) is 22.0. The Balaban J connectivity index is 3.84. The number of unbranched alkanes of at least 4 members (excludes halogenated alkanes) is 10. The van der Waals surface area contributed by atoms with Crippen molar-refractivity contribution >= 4 is 13.6 Å². The fraction of sp³-hybridized carbons (Fsp3) is 0.857. The van der Waals surface area contributed by atoms with Crippen LogP contribution in [0.5, 0.6) is 0 Å². The van der Waals surface area contributed by atoms with Gasteiger partial charge in [-0.25, -0.2) is 4.79 Å². The van der Waals surface area contributed by atoms with Crippen LogP contribution in [0.25, 0.3) is 0 Å². The predicted octanol–water partition coefficient (Wildman–Crippen LogP) is 4.56. The Labute approximate surface area is 176 Å². The molecule has 0 saturated carbocycles. The molecule has 0 aliphatic carbocycles. The third-order valence-electron chi connectivity index (χ3n) is 5.17. The summed E-state index contributed by atoms with van der Waals surface area (Å²) in [7, 11) is -4.02. The lowest BCUT2D eigenvalue weighted by molar-refractivity contribution is -0.140. The quantitative estimate of drug-likeness (QED) is 0.140. The number of rotatable bonds is 20. The number of carboxylic acid groups (broad SMARTS) is 1. The Hall–Kier alpha value is -0.880. The first-order valence-electron chi connectivity index (χ1n) is 11.1. The number of nitrogens with one attached hydrogen (secondary N) is 1. The molecule has 0 rings (SSSR count). The van der Waals surface area contributed by atoms with Crippen molar-refractivity contribution in [1.82, 2.24) is 5.32 Å². The number of aliphatic hydroxyl groups excluding tert-OH is 1. The molecule has 1 unspecified atom stereocenters. The van der Waals surface area contributed by atoms with Gasteiger partial charge in [-0.2, -0.15) is 0 Å². The number of aliphatic hydroxyl groups is 1. The van der Waals surface area contributed by atoms with Crippen molar-refractivity contribution < 1.29 is 29.4 Å². The van der Waals surface area contributed by atoms with E-state index in [4.69, 9.17) is 10.2 Å². The lowest BCUT2D eigenvalue weighted by Gasteiger charge is -2.18. The summed E-state index contributed by atoms with van der Waals surface area (Å²) in [6, 6.07) is -0.979. The Morgan fingerprint density at radius 3 is 1.93 bits per heavy atom. The van der Waals surface area contributed by atoms with Crippen LogP contribution in [0.4, 0.5) is 0 Å². The maximum atomic E-state index is 11.7. The third kappa shape index (κ3) is 16.6. The molecule has 0 amide bonds. The highest BCUT2D eigenvalue weighted by Crippen LogP contribution is 2.46. The lowest BCUT2D eigenvalue weighted by Crippen LogP contribution is -2.36. The highest BCUT2D eigenvalue weighted by atomic mass is 31.2. The van der Waals surface area contributed by atoms with Crippen LogP contribution in [0.15, 0.2) is 12.3 Å². The molecule has 0 spiro atoms. The molecule has 0 aliphatic rings. The SMILES string of the molecule is CCCCCCCCCC(CCCCCC/C=C\N[C@@H](CO)C(=O)O)P(=O)(O)O. The first-order valence-corrected chi connectivity index (χ1v) is 12.8. The molecule has 29 heavy (non-hydrogen) atoms.